The van der Waals surface area contributed by atoms with E-state index < -0.39 is 0 Å². The fraction of sp³-hybridized carbons (Fsp3) is 0.385. The molecule has 0 spiro atoms. The van der Waals surface area contributed by atoms with Crippen molar-refractivity contribution in [3.63, 3.8) is 0 Å². The second-order valence-corrected chi connectivity index (χ2v) is 5.45. The second-order valence-electron chi connectivity index (χ2n) is 4.13. The van der Waals surface area contributed by atoms with Gasteiger partial charge in [-0.25, -0.2) is 0 Å². The number of hydrogen-bond acceptors (Lipinski definition) is 1. The molecule has 1 heterocycles. The lowest BCUT2D eigenvalue weighted by atomic mass is 9.98. The van der Waals surface area contributed by atoms with Gasteiger partial charge in [-0.2, -0.15) is 0 Å². The van der Waals surface area contributed by atoms with Gasteiger partial charge in [0, 0.05) is 16.0 Å². The lowest BCUT2D eigenvalue weighted by Gasteiger charge is -2.19. The van der Waals surface area contributed by atoms with Crippen molar-refractivity contribution in [2.45, 2.75) is 12.8 Å². The molecule has 0 radical (unpaired) electrons. The maximum atomic E-state index is 6.13. The molecule has 0 aromatic heterocycles. The fourth-order valence-electron chi connectivity index (χ4n) is 1.93. The molecule has 1 aromatic carbocycles. The van der Waals surface area contributed by atoms with Crippen LogP contribution in [-0.2, 0) is 0 Å². The first-order chi connectivity index (χ1) is 7.75. The van der Waals surface area contributed by atoms with Crippen LogP contribution >= 0.6 is 27.5 Å². The van der Waals surface area contributed by atoms with Crippen molar-refractivity contribution in [3.8, 4) is 0 Å². The van der Waals surface area contributed by atoms with Gasteiger partial charge in [0.1, 0.15) is 0 Å². The molecule has 1 aromatic rings. The van der Waals surface area contributed by atoms with Gasteiger partial charge < -0.3 is 5.32 Å². The molecule has 86 valence electrons. The Balaban J connectivity index is 2.07. The monoisotopic (exact) mass is 299 g/mol. The zero-order chi connectivity index (χ0) is 11.4. The smallest absolute Gasteiger partial charge is 0.0479 e. The predicted octanol–water partition coefficient (Wildman–Crippen LogP) is 4.12. The van der Waals surface area contributed by atoms with Crippen LogP contribution in [0, 0.1) is 5.92 Å². The molecule has 1 saturated heterocycles. The third-order valence-corrected chi connectivity index (χ3v) is 3.68. The molecular weight excluding hydrogens is 286 g/mol. The first kappa shape index (κ1) is 12.2. The minimum Gasteiger partial charge on any atom is -0.316 e. The minimum absolute atomic E-state index is 0.642. The van der Waals surface area contributed by atoms with E-state index in [0.29, 0.717) is 5.92 Å². The van der Waals surface area contributed by atoms with Crippen LogP contribution in [0.2, 0.25) is 5.02 Å². The Labute approximate surface area is 110 Å². The SMILES string of the molecule is Clc1ccc(Br)cc1/C=C/[C@H]1CCCNC1. The van der Waals surface area contributed by atoms with E-state index >= 15 is 0 Å². The first-order valence-electron chi connectivity index (χ1n) is 5.59. The topological polar surface area (TPSA) is 12.0 Å². The van der Waals surface area contributed by atoms with Crippen LogP contribution in [0.3, 0.4) is 0 Å². The molecule has 0 amide bonds. The summed E-state index contributed by atoms with van der Waals surface area (Å²) in [7, 11) is 0. The average Bonchev–Trinajstić information content (AvgIpc) is 2.32. The van der Waals surface area contributed by atoms with Crippen molar-refractivity contribution in [1.29, 1.82) is 0 Å². The van der Waals surface area contributed by atoms with Crippen LogP contribution in [0.5, 0.6) is 0 Å². The Hall–Kier alpha value is -0.310. The molecule has 1 aliphatic rings. The molecule has 1 fully saturated rings. The number of nitrogens with one attached hydrogen (secondary N) is 1. The lowest BCUT2D eigenvalue weighted by molar-refractivity contribution is 0.439. The average molecular weight is 301 g/mol. The largest absolute Gasteiger partial charge is 0.316 e. The molecule has 1 N–H and O–H groups in total. The van der Waals surface area contributed by atoms with E-state index in [4.69, 9.17) is 11.6 Å². The van der Waals surface area contributed by atoms with E-state index in [9.17, 15) is 0 Å². The summed E-state index contributed by atoms with van der Waals surface area (Å²) in [4.78, 5) is 0. The van der Waals surface area contributed by atoms with Gasteiger partial charge in [0.2, 0.25) is 0 Å². The number of rotatable bonds is 2. The van der Waals surface area contributed by atoms with Gasteiger partial charge in [0.25, 0.3) is 0 Å². The van der Waals surface area contributed by atoms with E-state index in [-0.39, 0.29) is 0 Å². The van der Waals surface area contributed by atoms with E-state index in [2.05, 4.69) is 39.5 Å². The van der Waals surface area contributed by atoms with Crippen molar-refractivity contribution < 1.29 is 0 Å². The van der Waals surface area contributed by atoms with Gasteiger partial charge in [-0.3, -0.25) is 0 Å². The maximum Gasteiger partial charge on any atom is 0.0479 e. The van der Waals surface area contributed by atoms with E-state index in [1.54, 1.807) is 0 Å². The van der Waals surface area contributed by atoms with Crippen molar-refractivity contribution in [2.75, 3.05) is 13.1 Å². The number of halogens is 2. The first-order valence-corrected chi connectivity index (χ1v) is 6.77. The summed E-state index contributed by atoms with van der Waals surface area (Å²) in [6, 6.07) is 5.93. The zero-order valence-electron chi connectivity index (χ0n) is 9.05. The van der Waals surface area contributed by atoms with Crippen molar-refractivity contribution in [1.82, 2.24) is 5.32 Å². The second kappa shape index (κ2) is 5.85. The van der Waals surface area contributed by atoms with Crippen molar-refractivity contribution in [3.05, 3.63) is 39.3 Å². The molecule has 1 aliphatic heterocycles. The Bertz CT molecular complexity index is 384. The fourth-order valence-corrected chi connectivity index (χ4v) is 2.48. The summed E-state index contributed by atoms with van der Waals surface area (Å²) >= 11 is 9.58. The molecule has 1 nitrogen and oxygen atoms in total. The lowest BCUT2D eigenvalue weighted by Crippen LogP contribution is -2.28. The summed E-state index contributed by atoms with van der Waals surface area (Å²) in [5.41, 5.74) is 1.08. The molecule has 2 rings (SSSR count). The molecule has 0 unspecified atom stereocenters. The third-order valence-electron chi connectivity index (χ3n) is 2.84. The van der Waals surface area contributed by atoms with Crippen LogP contribution in [0.25, 0.3) is 6.08 Å². The molecule has 1 atom stereocenters. The van der Waals surface area contributed by atoms with Crippen molar-refractivity contribution >= 4 is 33.6 Å². The molecule has 3 heteroatoms. The van der Waals surface area contributed by atoms with Gasteiger partial charge >= 0.3 is 0 Å². The summed E-state index contributed by atoms with van der Waals surface area (Å²) in [6.07, 6.45) is 6.93. The Morgan fingerprint density at radius 3 is 3.06 bits per heavy atom. The van der Waals surface area contributed by atoms with Crippen LogP contribution in [0.15, 0.2) is 28.7 Å². The van der Waals surface area contributed by atoms with E-state index in [1.165, 1.54) is 12.8 Å². The van der Waals surface area contributed by atoms with Crippen LogP contribution in [-0.4, -0.2) is 13.1 Å². The van der Waals surface area contributed by atoms with E-state index in [0.717, 1.165) is 28.1 Å². The maximum absolute atomic E-state index is 6.13. The zero-order valence-corrected chi connectivity index (χ0v) is 11.4. The molecule has 0 bridgehead atoms. The third kappa shape index (κ3) is 3.34. The molecule has 16 heavy (non-hydrogen) atoms. The highest BCUT2D eigenvalue weighted by molar-refractivity contribution is 9.10. The van der Waals surface area contributed by atoms with E-state index in [1.807, 2.05) is 12.1 Å². The van der Waals surface area contributed by atoms with Crippen molar-refractivity contribution in [2.24, 2.45) is 5.92 Å². The molecule has 0 aliphatic carbocycles. The summed E-state index contributed by atoms with van der Waals surface area (Å²) in [5, 5.41) is 4.21. The number of benzene rings is 1. The molecule has 0 saturated carbocycles. The normalized spacial score (nSPS) is 21.5. The van der Waals surface area contributed by atoms with Gasteiger partial charge in [-0.05, 0) is 49.1 Å². The Kier molecular flexibility index (Phi) is 4.45. The van der Waals surface area contributed by atoms with Crippen LogP contribution < -0.4 is 5.32 Å². The van der Waals surface area contributed by atoms with Gasteiger partial charge in [0.05, 0.1) is 0 Å². The quantitative estimate of drug-likeness (QED) is 0.866. The standard InChI is InChI=1S/C13H15BrClN/c14-12-5-6-13(15)11(8-12)4-3-10-2-1-7-16-9-10/h3-6,8,10,16H,1-2,7,9H2/b4-3+/t10-/m1/s1. The highest BCUT2D eigenvalue weighted by atomic mass is 79.9. The predicted molar refractivity (Wildman–Crippen MR) is 73.8 cm³/mol. The highest BCUT2D eigenvalue weighted by Gasteiger charge is 2.09. The summed E-state index contributed by atoms with van der Waals surface area (Å²) < 4.78 is 1.07. The van der Waals surface area contributed by atoms with Crippen LogP contribution in [0.4, 0.5) is 0 Å². The van der Waals surface area contributed by atoms with Gasteiger partial charge in [0.15, 0.2) is 0 Å². The Morgan fingerprint density at radius 2 is 2.31 bits per heavy atom. The number of piperidine rings is 1. The minimum atomic E-state index is 0.642. The van der Waals surface area contributed by atoms with Crippen LogP contribution in [0.1, 0.15) is 18.4 Å². The highest BCUT2D eigenvalue weighted by Crippen LogP contribution is 2.23. The van der Waals surface area contributed by atoms with Gasteiger partial charge in [-0.1, -0.05) is 39.7 Å². The summed E-state index contributed by atoms with van der Waals surface area (Å²) in [5.74, 6) is 0.642. The Morgan fingerprint density at radius 1 is 1.44 bits per heavy atom. The van der Waals surface area contributed by atoms with Gasteiger partial charge in [-0.15, -0.1) is 0 Å². The summed E-state index contributed by atoms with van der Waals surface area (Å²) in [6.45, 7) is 2.24. The molecular formula is C13H15BrClN. The number of hydrogen-bond donors (Lipinski definition) is 1.